The van der Waals surface area contributed by atoms with Crippen LogP contribution in [0.5, 0.6) is 5.88 Å². The van der Waals surface area contributed by atoms with Gasteiger partial charge in [0.25, 0.3) is 0 Å². The number of nitrogens with one attached hydrogen (secondary N) is 1. The van der Waals surface area contributed by atoms with Crippen molar-refractivity contribution in [2.45, 2.75) is 20.8 Å². The topological polar surface area (TPSA) is 111 Å². The normalized spacial score (nSPS) is 11.5. The van der Waals surface area contributed by atoms with Crippen LogP contribution in [0, 0.1) is 20.8 Å². The number of fused-ring (bicyclic) bond motifs is 3. The average molecular weight is 418 g/mol. The van der Waals surface area contributed by atoms with Crippen LogP contribution in [0.1, 0.15) is 17.3 Å². The largest absolute Gasteiger partial charge is 0.481 e. The van der Waals surface area contributed by atoms with Gasteiger partial charge in [0.1, 0.15) is 34.4 Å². The number of ether oxygens (including phenoxy) is 1. The van der Waals surface area contributed by atoms with Gasteiger partial charge in [0.2, 0.25) is 5.88 Å². The van der Waals surface area contributed by atoms with E-state index in [1.807, 2.05) is 51.9 Å². The number of pyridine rings is 1. The molecule has 5 heterocycles. The van der Waals surface area contributed by atoms with Crippen molar-refractivity contribution in [1.29, 1.82) is 0 Å². The Hall–Kier alpha value is -3.95. The van der Waals surface area contributed by atoms with Crippen LogP contribution in [0.2, 0.25) is 0 Å². The third-order valence-electron chi connectivity index (χ3n) is 5.43. The van der Waals surface area contributed by atoms with Gasteiger partial charge in [-0.25, -0.2) is 15.0 Å². The number of aryl methyl sites for hydroxylation is 4. The molecule has 0 bridgehead atoms. The van der Waals surface area contributed by atoms with E-state index < -0.39 is 0 Å². The number of H-pyrrole nitrogens is 1. The van der Waals surface area contributed by atoms with Crippen LogP contribution in [0.25, 0.3) is 33.2 Å². The maximum atomic E-state index is 5.66. The molecule has 5 aromatic rings. The maximum absolute atomic E-state index is 5.66. The number of aromatic nitrogens is 7. The van der Waals surface area contributed by atoms with Crippen LogP contribution in [0.4, 0.5) is 11.6 Å². The van der Waals surface area contributed by atoms with Gasteiger partial charge in [-0.05, 0) is 26.8 Å². The molecule has 5 rings (SSSR count). The molecule has 0 amide bonds. The highest BCUT2D eigenvalue weighted by atomic mass is 16.5. The summed E-state index contributed by atoms with van der Waals surface area (Å²) >= 11 is 0. The first kappa shape index (κ1) is 19.0. The molecule has 158 valence electrons. The second-order valence-corrected chi connectivity index (χ2v) is 7.46. The van der Waals surface area contributed by atoms with Crippen LogP contribution < -0.4 is 9.64 Å². The highest BCUT2D eigenvalue weighted by Gasteiger charge is 2.23. The predicted octanol–water partition coefficient (Wildman–Crippen LogP) is 3.60. The third-order valence-corrected chi connectivity index (χ3v) is 5.43. The molecule has 0 radical (unpaired) electrons. The molecule has 0 spiro atoms. The lowest BCUT2D eigenvalue weighted by Gasteiger charge is -2.19. The van der Waals surface area contributed by atoms with Crippen molar-refractivity contribution in [2.75, 3.05) is 19.1 Å². The summed E-state index contributed by atoms with van der Waals surface area (Å²) in [7, 11) is 5.45. The molecule has 0 aliphatic rings. The van der Waals surface area contributed by atoms with Crippen LogP contribution in [-0.4, -0.2) is 49.0 Å². The van der Waals surface area contributed by atoms with Gasteiger partial charge in [-0.15, -0.1) is 0 Å². The first-order valence-corrected chi connectivity index (χ1v) is 9.79. The highest BCUT2D eigenvalue weighted by Crippen LogP contribution is 2.39. The Morgan fingerprint density at radius 1 is 1.16 bits per heavy atom. The number of hydrogen-bond acceptors (Lipinski definition) is 8. The van der Waals surface area contributed by atoms with E-state index in [0.717, 1.165) is 44.9 Å². The molecule has 0 aromatic carbocycles. The molecule has 0 aliphatic carbocycles. The number of aromatic amines is 1. The second kappa shape index (κ2) is 6.79. The summed E-state index contributed by atoms with van der Waals surface area (Å²) in [6.07, 6.45) is 1.75. The Morgan fingerprint density at radius 3 is 2.61 bits per heavy atom. The molecule has 0 saturated carbocycles. The van der Waals surface area contributed by atoms with Crippen molar-refractivity contribution in [3.63, 3.8) is 0 Å². The Morgan fingerprint density at radius 2 is 1.97 bits per heavy atom. The molecule has 0 unspecified atom stereocenters. The maximum Gasteiger partial charge on any atom is 0.221 e. The fraction of sp³-hybridized carbons (Fsp3) is 0.286. The smallest absolute Gasteiger partial charge is 0.221 e. The van der Waals surface area contributed by atoms with Gasteiger partial charge in [0.15, 0.2) is 0 Å². The average Bonchev–Trinajstić information content (AvgIpc) is 3.42. The van der Waals surface area contributed by atoms with Crippen molar-refractivity contribution >= 4 is 33.7 Å². The van der Waals surface area contributed by atoms with Gasteiger partial charge in [-0.2, -0.15) is 5.10 Å². The van der Waals surface area contributed by atoms with E-state index in [4.69, 9.17) is 19.2 Å². The van der Waals surface area contributed by atoms with Crippen LogP contribution in [0.15, 0.2) is 22.9 Å². The molecule has 31 heavy (non-hydrogen) atoms. The van der Waals surface area contributed by atoms with E-state index in [0.29, 0.717) is 23.1 Å². The lowest BCUT2D eigenvalue weighted by molar-refractivity contribution is 0.392. The minimum atomic E-state index is 0.484. The van der Waals surface area contributed by atoms with E-state index in [-0.39, 0.29) is 0 Å². The van der Waals surface area contributed by atoms with Crippen LogP contribution in [-0.2, 0) is 7.05 Å². The highest BCUT2D eigenvalue weighted by molar-refractivity contribution is 6.10. The van der Waals surface area contributed by atoms with E-state index in [1.165, 1.54) is 0 Å². The molecule has 10 nitrogen and oxygen atoms in total. The number of hydrogen-bond donors (Lipinski definition) is 1. The third kappa shape index (κ3) is 2.82. The summed E-state index contributed by atoms with van der Waals surface area (Å²) < 4.78 is 12.8. The zero-order valence-corrected chi connectivity index (χ0v) is 18.2. The minimum absolute atomic E-state index is 0.484. The molecule has 1 N–H and O–H groups in total. The van der Waals surface area contributed by atoms with Crippen molar-refractivity contribution < 1.29 is 9.26 Å². The van der Waals surface area contributed by atoms with Gasteiger partial charge < -0.3 is 19.1 Å². The van der Waals surface area contributed by atoms with Gasteiger partial charge >= 0.3 is 0 Å². The van der Waals surface area contributed by atoms with Gasteiger partial charge in [0.05, 0.1) is 41.0 Å². The van der Waals surface area contributed by atoms with E-state index in [2.05, 4.69) is 20.2 Å². The molecular formula is C21H22N8O2. The summed E-state index contributed by atoms with van der Waals surface area (Å²) in [6.45, 7) is 5.64. The molecule has 0 fully saturated rings. The number of anilines is 2. The SMILES string of the molecule is COc1nc2c(cc1-c1c(C)noc1C)[nH]c1nc(C)nc(N(C)c3ccnn3C)c12. The fourth-order valence-electron chi connectivity index (χ4n) is 4.03. The predicted molar refractivity (Wildman–Crippen MR) is 117 cm³/mol. The van der Waals surface area contributed by atoms with Crippen molar-refractivity contribution in [1.82, 2.24) is 34.9 Å². The minimum Gasteiger partial charge on any atom is -0.481 e. The molecule has 10 heteroatoms. The first-order chi connectivity index (χ1) is 14.9. The molecule has 0 saturated heterocycles. The second-order valence-electron chi connectivity index (χ2n) is 7.46. The van der Waals surface area contributed by atoms with Gasteiger partial charge in [-0.3, -0.25) is 4.68 Å². The van der Waals surface area contributed by atoms with Crippen molar-refractivity contribution in [3.8, 4) is 17.0 Å². The van der Waals surface area contributed by atoms with Gasteiger partial charge in [-0.1, -0.05) is 5.16 Å². The number of methoxy groups -OCH3 is 1. The summed E-state index contributed by atoms with van der Waals surface area (Å²) in [4.78, 5) is 19.6. The molecule has 5 aromatic heterocycles. The summed E-state index contributed by atoms with van der Waals surface area (Å²) in [5, 5.41) is 9.16. The van der Waals surface area contributed by atoms with Gasteiger partial charge in [0, 0.05) is 20.2 Å². The summed E-state index contributed by atoms with van der Waals surface area (Å²) in [5.74, 6) is 3.48. The Labute approximate surface area is 177 Å². The van der Waals surface area contributed by atoms with Crippen molar-refractivity contribution in [2.24, 2.45) is 7.05 Å². The van der Waals surface area contributed by atoms with E-state index in [1.54, 1.807) is 18.0 Å². The zero-order valence-electron chi connectivity index (χ0n) is 18.2. The Balaban J connectivity index is 1.82. The van der Waals surface area contributed by atoms with Crippen molar-refractivity contribution in [3.05, 3.63) is 35.6 Å². The van der Waals surface area contributed by atoms with Crippen LogP contribution in [0.3, 0.4) is 0 Å². The van der Waals surface area contributed by atoms with E-state index >= 15 is 0 Å². The number of rotatable bonds is 4. The monoisotopic (exact) mass is 418 g/mol. The standard InChI is InChI=1S/C21H22N8O2/c1-10-16(11(2)31-27-10)13-9-14-18(26-21(13)30-6)17-19(25-14)23-12(3)24-20(17)28(4)15-7-8-22-29(15)5/h7-9H,1-6H3,(H,23,24,25). The Kier molecular flexibility index (Phi) is 4.17. The zero-order chi connectivity index (χ0) is 21.9. The molecule has 0 aliphatic heterocycles. The number of nitrogens with zero attached hydrogens (tertiary/aromatic N) is 7. The first-order valence-electron chi connectivity index (χ1n) is 9.79. The van der Waals surface area contributed by atoms with E-state index in [9.17, 15) is 0 Å². The Bertz CT molecular complexity index is 1430. The summed E-state index contributed by atoms with van der Waals surface area (Å²) in [6, 6.07) is 3.93. The van der Waals surface area contributed by atoms with Crippen LogP contribution >= 0.6 is 0 Å². The summed E-state index contributed by atoms with van der Waals surface area (Å²) in [5.41, 5.74) is 4.72. The lowest BCUT2D eigenvalue weighted by atomic mass is 10.0. The lowest BCUT2D eigenvalue weighted by Crippen LogP contribution is -2.16. The quantitative estimate of drug-likeness (QED) is 0.471. The molecule has 0 atom stereocenters. The fourth-order valence-corrected chi connectivity index (χ4v) is 4.03. The molecular weight excluding hydrogens is 396 g/mol.